The lowest BCUT2D eigenvalue weighted by Gasteiger charge is -2.36. The molecule has 0 bridgehead atoms. The van der Waals surface area contributed by atoms with Gasteiger partial charge in [-0.15, -0.1) is 0 Å². The third-order valence-corrected chi connectivity index (χ3v) is 9.02. The Morgan fingerprint density at radius 1 is 0.864 bits per heavy atom. The monoisotopic (exact) mass is 594 g/mol. The maximum Gasteiger partial charge on any atom is 0.309 e. The summed E-state index contributed by atoms with van der Waals surface area (Å²) in [7, 11) is 0. The molecule has 0 aliphatic rings. The zero-order valence-electron chi connectivity index (χ0n) is 26.6. The van der Waals surface area contributed by atoms with Crippen molar-refractivity contribution in [3.63, 3.8) is 0 Å². The zero-order valence-corrected chi connectivity index (χ0v) is 26.6. The van der Waals surface area contributed by atoms with Crippen LogP contribution in [0.15, 0.2) is 91.0 Å². The summed E-state index contributed by atoms with van der Waals surface area (Å²) in [5.41, 5.74) is 4.59. The van der Waals surface area contributed by atoms with E-state index in [1.165, 1.54) is 12.1 Å². The molecule has 3 unspecified atom stereocenters. The van der Waals surface area contributed by atoms with E-state index in [0.29, 0.717) is 18.4 Å². The minimum absolute atomic E-state index is 0.105. The van der Waals surface area contributed by atoms with Crippen LogP contribution in [-0.2, 0) is 21.6 Å². The lowest BCUT2D eigenvalue weighted by atomic mass is 9.67. The van der Waals surface area contributed by atoms with Crippen molar-refractivity contribution in [1.82, 2.24) is 0 Å². The first-order chi connectivity index (χ1) is 21.1. The number of phenols is 3. The Labute approximate surface area is 262 Å². The molecule has 0 spiro atoms. The van der Waals surface area contributed by atoms with Crippen molar-refractivity contribution < 1.29 is 24.9 Å². The molecule has 4 rings (SSSR count). The number of para-hydroxylation sites is 1. The van der Waals surface area contributed by atoms with Crippen LogP contribution >= 0.6 is 0 Å². The van der Waals surface area contributed by atoms with Crippen molar-refractivity contribution in [2.75, 3.05) is 0 Å². The predicted octanol–water partition coefficient (Wildman–Crippen LogP) is 9.60. The van der Waals surface area contributed by atoms with Crippen LogP contribution in [0, 0.1) is 5.92 Å². The number of carbonyl (C=O) groups is 1. The summed E-state index contributed by atoms with van der Waals surface area (Å²) in [5, 5.41) is 32.6. The Hall–Kier alpha value is -4.25. The highest BCUT2D eigenvalue weighted by molar-refractivity contribution is 5.74. The highest BCUT2D eigenvalue weighted by Gasteiger charge is 2.36. The van der Waals surface area contributed by atoms with Gasteiger partial charge in [0.15, 0.2) is 0 Å². The summed E-state index contributed by atoms with van der Waals surface area (Å²) in [5.74, 6) is 0.0345. The zero-order chi connectivity index (χ0) is 31.9. The summed E-state index contributed by atoms with van der Waals surface area (Å²) >= 11 is 0. The largest absolute Gasteiger partial charge is 0.508 e. The molecule has 0 amide bonds. The van der Waals surface area contributed by atoms with Gasteiger partial charge in [0.05, 0.1) is 5.92 Å². The molecule has 0 heterocycles. The van der Waals surface area contributed by atoms with E-state index < -0.39 is 5.41 Å². The number of esters is 1. The molecule has 4 aromatic carbocycles. The molecule has 3 N–H and O–H groups in total. The van der Waals surface area contributed by atoms with Crippen molar-refractivity contribution in [2.24, 2.45) is 5.92 Å². The van der Waals surface area contributed by atoms with Crippen molar-refractivity contribution in [1.29, 1.82) is 0 Å². The lowest BCUT2D eigenvalue weighted by molar-refractivity contribution is -0.150. The molecular formula is C39H46O5. The Morgan fingerprint density at radius 2 is 1.59 bits per heavy atom. The molecule has 0 aliphatic carbocycles. The minimum Gasteiger partial charge on any atom is -0.508 e. The fourth-order valence-corrected chi connectivity index (χ4v) is 6.35. The molecular weight excluding hydrogens is 548 g/mol. The Bertz CT molecular complexity index is 1540. The van der Waals surface area contributed by atoms with E-state index in [0.717, 1.165) is 40.7 Å². The van der Waals surface area contributed by atoms with Gasteiger partial charge in [0.1, 0.15) is 23.9 Å². The van der Waals surface area contributed by atoms with Gasteiger partial charge in [-0.2, -0.15) is 0 Å². The fraction of sp³-hybridized carbons (Fsp3) is 0.359. The van der Waals surface area contributed by atoms with Crippen LogP contribution in [0.4, 0.5) is 0 Å². The third-order valence-electron chi connectivity index (χ3n) is 9.02. The maximum absolute atomic E-state index is 12.9. The van der Waals surface area contributed by atoms with E-state index in [4.69, 9.17) is 4.74 Å². The molecule has 0 aliphatic heterocycles. The fourth-order valence-electron chi connectivity index (χ4n) is 6.35. The van der Waals surface area contributed by atoms with Crippen LogP contribution in [0.5, 0.6) is 17.2 Å². The second-order valence-corrected chi connectivity index (χ2v) is 12.5. The Morgan fingerprint density at radius 3 is 2.30 bits per heavy atom. The van der Waals surface area contributed by atoms with Crippen molar-refractivity contribution in [2.45, 2.75) is 84.2 Å². The molecule has 0 saturated heterocycles. The quantitative estimate of drug-likeness (QED) is 0.106. The molecule has 5 nitrogen and oxygen atoms in total. The average molecular weight is 595 g/mol. The highest BCUT2D eigenvalue weighted by atomic mass is 16.5. The number of ether oxygens (including phenoxy) is 1. The van der Waals surface area contributed by atoms with Gasteiger partial charge < -0.3 is 20.1 Å². The number of hydrogen-bond acceptors (Lipinski definition) is 5. The van der Waals surface area contributed by atoms with Crippen LogP contribution in [-0.4, -0.2) is 21.3 Å². The van der Waals surface area contributed by atoms with Gasteiger partial charge >= 0.3 is 5.97 Å². The van der Waals surface area contributed by atoms with Gasteiger partial charge in [-0.05, 0) is 66.0 Å². The number of rotatable bonds is 13. The van der Waals surface area contributed by atoms with Gasteiger partial charge in [-0.3, -0.25) is 4.79 Å². The van der Waals surface area contributed by atoms with Crippen LogP contribution < -0.4 is 0 Å². The number of benzene rings is 4. The number of phenolic OH excluding ortho intramolecular Hbond substituents is 3. The number of hydrogen-bond donors (Lipinski definition) is 3. The van der Waals surface area contributed by atoms with Crippen LogP contribution in [0.3, 0.4) is 0 Å². The lowest BCUT2D eigenvalue weighted by Crippen LogP contribution is -2.27. The topological polar surface area (TPSA) is 87.0 Å². The SMILES string of the molecule is CCCC(c1cc(O)ccc1O)C(C)(C)c1cccc(-c2cccc(C(C)CC(CC)C(=O)OCc3ccccc3)c2)c1O. The van der Waals surface area contributed by atoms with Crippen LogP contribution in [0.2, 0.25) is 0 Å². The first kappa shape index (κ1) is 32.7. The van der Waals surface area contributed by atoms with E-state index >= 15 is 0 Å². The second-order valence-electron chi connectivity index (χ2n) is 12.5. The molecule has 5 heteroatoms. The second kappa shape index (κ2) is 14.5. The Kier molecular flexibility index (Phi) is 10.7. The minimum atomic E-state index is -0.555. The molecule has 0 saturated carbocycles. The third kappa shape index (κ3) is 7.45. The molecule has 0 radical (unpaired) electrons. The van der Waals surface area contributed by atoms with E-state index in [9.17, 15) is 20.1 Å². The van der Waals surface area contributed by atoms with E-state index in [2.05, 4.69) is 39.8 Å². The standard InChI is InChI=1S/C39H46O5/c1-6-13-34(33-24-31(40)20-21-36(33)41)39(4,5)35-19-12-18-32(37(35)42)30-17-11-16-29(23-30)26(3)22-28(7-2)38(43)44-25-27-14-9-8-10-15-27/h8-12,14-21,23-24,26,28,34,40-42H,6-7,13,22,25H2,1-5H3. The van der Waals surface area contributed by atoms with Crippen LogP contribution in [0.1, 0.15) is 94.4 Å². The first-order valence-corrected chi connectivity index (χ1v) is 15.7. The number of carbonyl (C=O) groups excluding carboxylic acids is 1. The molecule has 0 aromatic heterocycles. The highest BCUT2D eigenvalue weighted by Crippen LogP contribution is 2.49. The van der Waals surface area contributed by atoms with Gasteiger partial charge in [0.25, 0.3) is 0 Å². The number of aromatic hydroxyl groups is 3. The average Bonchev–Trinajstić information content (AvgIpc) is 3.03. The predicted molar refractivity (Wildman–Crippen MR) is 177 cm³/mol. The smallest absolute Gasteiger partial charge is 0.309 e. The molecule has 4 aromatic rings. The summed E-state index contributed by atoms with van der Waals surface area (Å²) in [6.07, 6.45) is 3.01. The van der Waals surface area contributed by atoms with E-state index in [1.54, 1.807) is 6.07 Å². The van der Waals surface area contributed by atoms with Gasteiger partial charge in [0, 0.05) is 22.1 Å². The van der Waals surface area contributed by atoms with Crippen molar-refractivity contribution in [3.05, 3.63) is 113 Å². The molecule has 232 valence electrons. The maximum atomic E-state index is 12.9. The summed E-state index contributed by atoms with van der Waals surface area (Å²) in [4.78, 5) is 12.9. The summed E-state index contributed by atoms with van der Waals surface area (Å²) in [6.45, 7) is 10.7. The van der Waals surface area contributed by atoms with E-state index in [1.807, 2.05) is 67.6 Å². The van der Waals surface area contributed by atoms with Gasteiger partial charge in [-0.1, -0.05) is 114 Å². The van der Waals surface area contributed by atoms with Gasteiger partial charge in [-0.25, -0.2) is 0 Å². The molecule has 3 atom stereocenters. The molecule has 44 heavy (non-hydrogen) atoms. The van der Waals surface area contributed by atoms with Crippen LogP contribution in [0.25, 0.3) is 11.1 Å². The van der Waals surface area contributed by atoms with Crippen molar-refractivity contribution in [3.8, 4) is 28.4 Å². The first-order valence-electron chi connectivity index (χ1n) is 15.7. The van der Waals surface area contributed by atoms with E-state index in [-0.39, 0.29) is 47.6 Å². The van der Waals surface area contributed by atoms with Gasteiger partial charge in [0.2, 0.25) is 0 Å². The summed E-state index contributed by atoms with van der Waals surface area (Å²) < 4.78 is 5.65. The Balaban J connectivity index is 1.58. The van der Waals surface area contributed by atoms with Crippen molar-refractivity contribution >= 4 is 5.97 Å². The summed E-state index contributed by atoms with van der Waals surface area (Å²) in [6, 6.07) is 28.4. The molecule has 0 fully saturated rings. The normalized spacial score (nSPS) is 13.7.